The van der Waals surface area contributed by atoms with Crippen LogP contribution in [0.5, 0.6) is 0 Å². The lowest BCUT2D eigenvalue weighted by atomic mass is 10.0. The SMILES string of the molecule is CC(CO)CCCCCCO.CCCCCCCCC(O)O.O=C(O)CCCCC(=O)O. The summed E-state index contributed by atoms with van der Waals surface area (Å²) in [6.45, 7) is 4.87. The number of rotatable bonds is 19. The summed E-state index contributed by atoms with van der Waals surface area (Å²) in [5, 5.41) is 50.5. The first-order valence-corrected chi connectivity index (χ1v) is 12.2. The van der Waals surface area contributed by atoms with Crippen molar-refractivity contribution in [2.45, 2.75) is 123 Å². The molecular weight excluding hydrogens is 416 g/mol. The molecule has 8 nitrogen and oxygen atoms in total. The van der Waals surface area contributed by atoms with Crippen LogP contribution in [0.3, 0.4) is 0 Å². The second-order valence-electron chi connectivity index (χ2n) is 8.25. The summed E-state index contributed by atoms with van der Waals surface area (Å²) in [6.07, 6.45) is 13.2. The number of carboxylic acids is 2. The zero-order valence-corrected chi connectivity index (χ0v) is 20.4. The maximum Gasteiger partial charge on any atom is 0.303 e. The van der Waals surface area contributed by atoms with E-state index in [-0.39, 0.29) is 12.8 Å². The van der Waals surface area contributed by atoms with Crippen LogP contribution >= 0.6 is 0 Å². The number of hydrogen-bond acceptors (Lipinski definition) is 6. The molecular formula is C24H50O8. The van der Waals surface area contributed by atoms with Crippen LogP contribution in [0.15, 0.2) is 0 Å². The molecule has 1 unspecified atom stereocenters. The summed E-state index contributed by atoms with van der Waals surface area (Å²) in [6, 6.07) is 0. The summed E-state index contributed by atoms with van der Waals surface area (Å²) in [7, 11) is 0. The summed E-state index contributed by atoms with van der Waals surface area (Å²) in [5.74, 6) is -1.29. The molecule has 194 valence electrons. The van der Waals surface area contributed by atoms with Gasteiger partial charge in [-0.05, 0) is 44.4 Å². The molecule has 0 aromatic carbocycles. The fraction of sp³-hybridized carbons (Fsp3) is 0.917. The van der Waals surface area contributed by atoms with Gasteiger partial charge in [0.25, 0.3) is 0 Å². The van der Waals surface area contributed by atoms with Crippen molar-refractivity contribution in [3.8, 4) is 0 Å². The van der Waals surface area contributed by atoms with Crippen molar-refractivity contribution < 1.29 is 40.2 Å². The Kier molecular flexibility index (Phi) is 32.9. The lowest BCUT2D eigenvalue weighted by Gasteiger charge is -2.05. The van der Waals surface area contributed by atoms with Gasteiger partial charge < -0.3 is 30.6 Å². The van der Waals surface area contributed by atoms with Gasteiger partial charge in [-0.1, -0.05) is 65.2 Å². The predicted octanol–water partition coefficient (Wildman–Crippen LogP) is 4.32. The first-order chi connectivity index (χ1) is 15.2. The molecule has 0 spiro atoms. The number of carbonyl (C=O) groups is 2. The number of aliphatic hydroxyl groups is 4. The van der Waals surface area contributed by atoms with E-state index in [4.69, 9.17) is 30.6 Å². The number of hydrogen-bond donors (Lipinski definition) is 6. The average molecular weight is 467 g/mol. The zero-order valence-electron chi connectivity index (χ0n) is 20.4. The van der Waals surface area contributed by atoms with Gasteiger partial charge in [-0.3, -0.25) is 9.59 Å². The van der Waals surface area contributed by atoms with Crippen LogP contribution in [0, 0.1) is 5.92 Å². The third-order valence-electron chi connectivity index (χ3n) is 4.76. The molecule has 0 aromatic rings. The van der Waals surface area contributed by atoms with Gasteiger partial charge >= 0.3 is 11.9 Å². The lowest BCUT2D eigenvalue weighted by Crippen LogP contribution is -2.02. The molecule has 0 aliphatic heterocycles. The highest BCUT2D eigenvalue weighted by molar-refractivity contribution is 5.67. The van der Waals surface area contributed by atoms with Crippen molar-refractivity contribution in [3.05, 3.63) is 0 Å². The van der Waals surface area contributed by atoms with E-state index in [9.17, 15) is 9.59 Å². The molecule has 0 rings (SSSR count). The van der Waals surface area contributed by atoms with Crippen LogP contribution in [0.4, 0.5) is 0 Å². The predicted molar refractivity (Wildman–Crippen MR) is 126 cm³/mol. The van der Waals surface area contributed by atoms with Gasteiger partial charge in [0.1, 0.15) is 0 Å². The van der Waals surface area contributed by atoms with Crippen molar-refractivity contribution in [1.82, 2.24) is 0 Å². The molecule has 0 saturated heterocycles. The first kappa shape index (κ1) is 35.4. The molecule has 0 aliphatic rings. The highest BCUT2D eigenvalue weighted by Crippen LogP contribution is 2.09. The Morgan fingerprint density at radius 2 is 1.09 bits per heavy atom. The van der Waals surface area contributed by atoms with E-state index < -0.39 is 18.2 Å². The van der Waals surface area contributed by atoms with E-state index in [0.29, 0.717) is 38.4 Å². The van der Waals surface area contributed by atoms with Crippen LogP contribution in [-0.2, 0) is 9.59 Å². The van der Waals surface area contributed by atoms with Crippen LogP contribution in [0.2, 0.25) is 0 Å². The molecule has 0 aliphatic carbocycles. The standard InChI is InChI=1S/2C9H20O2.C6H10O4/c1-9(8-11)6-4-2-3-5-7-10;1-2-3-4-5-6-7-8-9(10)11;7-5(8)3-1-2-4-6(9)10/h2*9-11H,2-8H2,1H3;1-4H2,(H,7,8)(H,9,10). The molecule has 32 heavy (non-hydrogen) atoms. The van der Waals surface area contributed by atoms with Crippen LogP contribution in [-0.4, -0.2) is 62.1 Å². The van der Waals surface area contributed by atoms with Gasteiger partial charge in [-0.25, -0.2) is 0 Å². The Balaban J connectivity index is -0.000000395. The van der Waals surface area contributed by atoms with Crippen molar-refractivity contribution in [2.24, 2.45) is 5.92 Å². The van der Waals surface area contributed by atoms with E-state index in [0.717, 1.165) is 32.1 Å². The van der Waals surface area contributed by atoms with Crippen molar-refractivity contribution in [2.75, 3.05) is 13.2 Å². The van der Waals surface area contributed by atoms with E-state index in [1.807, 2.05) is 0 Å². The molecule has 8 heteroatoms. The van der Waals surface area contributed by atoms with Crippen LogP contribution < -0.4 is 0 Å². The van der Waals surface area contributed by atoms with Gasteiger partial charge in [-0.15, -0.1) is 0 Å². The quantitative estimate of drug-likeness (QED) is 0.121. The minimum Gasteiger partial charge on any atom is -0.481 e. The zero-order chi connectivity index (χ0) is 25.0. The Labute approximate surface area is 194 Å². The normalized spacial score (nSPS) is 11.2. The highest BCUT2D eigenvalue weighted by Gasteiger charge is 1.99. The minimum absolute atomic E-state index is 0.0628. The second kappa shape index (κ2) is 29.8. The topological polar surface area (TPSA) is 156 Å². The Hall–Kier alpha value is -1.22. The molecule has 0 heterocycles. The molecule has 1 atom stereocenters. The summed E-state index contributed by atoms with van der Waals surface area (Å²) < 4.78 is 0. The number of aliphatic hydroxyl groups excluding tert-OH is 3. The fourth-order valence-corrected chi connectivity index (χ4v) is 2.71. The monoisotopic (exact) mass is 466 g/mol. The fourth-order valence-electron chi connectivity index (χ4n) is 2.71. The van der Waals surface area contributed by atoms with E-state index in [2.05, 4.69) is 13.8 Å². The number of aliphatic carboxylic acids is 2. The van der Waals surface area contributed by atoms with Crippen LogP contribution in [0.25, 0.3) is 0 Å². The molecule has 0 aromatic heterocycles. The van der Waals surface area contributed by atoms with Crippen molar-refractivity contribution >= 4 is 11.9 Å². The molecule has 0 radical (unpaired) electrons. The lowest BCUT2D eigenvalue weighted by molar-refractivity contribution is -0.139. The smallest absolute Gasteiger partial charge is 0.303 e. The Morgan fingerprint density at radius 1 is 0.656 bits per heavy atom. The van der Waals surface area contributed by atoms with Crippen molar-refractivity contribution in [1.29, 1.82) is 0 Å². The largest absolute Gasteiger partial charge is 0.481 e. The molecule has 0 fully saturated rings. The number of carboxylic acid groups (broad SMARTS) is 2. The Morgan fingerprint density at radius 3 is 1.50 bits per heavy atom. The first-order valence-electron chi connectivity index (χ1n) is 12.2. The van der Waals surface area contributed by atoms with E-state index in [1.54, 1.807) is 0 Å². The van der Waals surface area contributed by atoms with E-state index in [1.165, 1.54) is 38.5 Å². The second-order valence-corrected chi connectivity index (χ2v) is 8.25. The third-order valence-corrected chi connectivity index (χ3v) is 4.76. The Bertz CT molecular complexity index is 372. The maximum absolute atomic E-state index is 9.90. The van der Waals surface area contributed by atoms with Crippen molar-refractivity contribution in [3.63, 3.8) is 0 Å². The third kappa shape index (κ3) is 42.8. The molecule has 0 amide bonds. The molecule has 6 N–H and O–H groups in total. The van der Waals surface area contributed by atoms with Crippen LogP contribution in [0.1, 0.15) is 117 Å². The molecule has 0 saturated carbocycles. The highest BCUT2D eigenvalue weighted by atomic mass is 16.5. The van der Waals surface area contributed by atoms with Gasteiger partial charge in [0, 0.05) is 26.1 Å². The summed E-state index contributed by atoms with van der Waals surface area (Å²) >= 11 is 0. The summed E-state index contributed by atoms with van der Waals surface area (Å²) in [5.41, 5.74) is 0. The van der Waals surface area contributed by atoms with Gasteiger partial charge in [0.05, 0.1) is 0 Å². The minimum atomic E-state index is -1.10. The van der Waals surface area contributed by atoms with Gasteiger partial charge in [-0.2, -0.15) is 0 Å². The number of unbranched alkanes of at least 4 members (excludes halogenated alkanes) is 9. The average Bonchev–Trinajstić information content (AvgIpc) is 2.74. The van der Waals surface area contributed by atoms with Gasteiger partial charge in [0.15, 0.2) is 6.29 Å². The van der Waals surface area contributed by atoms with E-state index >= 15 is 0 Å². The van der Waals surface area contributed by atoms with Gasteiger partial charge in [0.2, 0.25) is 0 Å². The maximum atomic E-state index is 9.90. The summed E-state index contributed by atoms with van der Waals surface area (Å²) in [4.78, 5) is 19.8. The molecule has 0 bridgehead atoms.